The zero-order chi connectivity index (χ0) is 22.7. The molecule has 32 heavy (non-hydrogen) atoms. The zero-order valence-electron chi connectivity index (χ0n) is 22.2. The van der Waals surface area contributed by atoms with Crippen molar-refractivity contribution >= 4 is 0 Å². The van der Waals surface area contributed by atoms with E-state index in [1.807, 2.05) is 0 Å². The van der Waals surface area contributed by atoms with Crippen LogP contribution in [0.2, 0.25) is 0 Å². The molecule has 0 rings (SSSR count). The first-order valence-electron chi connectivity index (χ1n) is 14.1. The van der Waals surface area contributed by atoms with Crippen molar-refractivity contribution < 1.29 is 35.9 Å². The third-order valence-corrected chi connectivity index (χ3v) is 5.90. The molecule has 0 atom stereocenters. The van der Waals surface area contributed by atoms with Gasteiger partial charge in [-0.15, -0.1) is 0 Å². The summed E-state index contributed by atoms with van der Waals surface area (Å²) in [7, 11) is 0. The molecule has 0 fully saturated rings. The van der Waals surface area contributed by atoms with Crippen LogP contribution in [0.3, 0.4) is 0 Å². The van der Waals surface area contributed by atoms with Crippen LogP contribution in [0, 0.1) is 6.48 Å². The molecule has 0 bridgehead atoms. The molecule has 0 heterocycles. The fourth-order valence-electron chi connectivity index (χ4n) is 3.77. The summed E-state index contributed by atoms with van der Waals surface area (Å²) in [5.74, 6) is 0. The van der Waals surface area contributed by atoms with Crippen LogP contribution in [-0.4, -0.2) is 19.8 Å². The monoisotopic (exact) mass is 489 g/mol. The van der Waals surface area contributed by atoms with Gasteiger partial charge >= 0.3 is 0 Å². The van der Waals surface area contributed by atoms with Gasteiger partial charge in [0.2, 0.25) is 0 Å². The first-order valence-corrected chi connectivity index (χ1v) is 14.1. The number of unbranched alkanes of at least 4 members (excludes halogenated alkanes) is 18. The maximum Gasteiger partial charge on any atom is 0.0375 e. The average molecular weight is 490 g/mol. The Morgan fingerprint density at radius 2 is 0.562 bits per heavy atom. The molecule has 0 saturated heterocycles. The van der Waals surface area contributed by atoms with Crippen LogP contribution in [0.1, 0.15) is 156 Å². The summed E-state index contributed by atoms with van der Waals surface area (Å²) in [5, 5.41) is 0. The largest absolute Gasteiger partial charge is 0.496 e. The average Bonchev–Trinajstić information content (AvgIpc) is 2.78. The fourth-order valence-corrected chi connectivity index (χ4v) is 3.77. The van der Waals surface area contributed by atoms with Crippen molar-refractivity contribution in [3.05, 3.63) is 6.48 Å². The molecule has 0 aromatic carbocycles. The van der Waals surface area contributed by atoms with Crippen LogP contribution in [0.4, 0.5) is 0 Å². The van der Waals surface area contributed by atoms with E-state index in [1.165, 1.54) is 116 Å². The van der Waals surface area contributed by atoms with Gasteiger partial charge < -0.3 is 14.2 Å². The summed E-state index contributed by atoms with van der Waals surface area (Å²) in [6.45, 7) is 9.40. The van der Waals surface area contributed by atoms with Gasteiger partial charge in [0.05, 0.1) is 0 Å². The summed E-state index contributed by atoms with van der Waals surface area (Å²) in [5.41, 5.74) is 0. The van der Waals surface area contributed by atoms with E-state index >= 15 is 0 Å². The van der Waals surface area contributed by atoms with Gasteiger partial charge in [-0.25, -0.2) is 0 Å². The minimum absolute atomic E-state index is 0. The van der Waals surface area contributed by atoms with Gasteiger partial charge in [0.25, 0.3) is 0 Å². The van der Waals surface area contributed by atoms with E-state index in [0.29, 0.717) is 6.48 Å². The third-order valence-electron chi connectivity index (χ3n) is 5.90. The Bertz CT molecular complexity index is 268. The van der Waals surface area contributed by atoms with Crippen molar-refractivity contribution in [2.24, 2.45) is 0 Å². The Balaban J connectivity index is 0. The normalized spacial score (nSPS) is 11.2. The van der Waals surface area contributed by atoms with Crippen molar-refractivity contribution in [2.45, 2.75) is 156 Å². The molecule has 0 N–H and O–H groups in total. The van der Waals surface area contributed by atoms with Gasteiger partial charge in [-0.1, -0.05) is 136 Å². The predicted molar refractivity (Wildman–Crippen MR) is 135 cm³/mol. The molecule has 3 nitrogen and oxygen atoms in total. The minimum Gasteiger partial charge on any atom is -0.496 e. The van der Waals surface area contributed by atoms with Crippen molar-refractivity contribution in [2.75, 3.05) is 19.8 Å². The van der Waals surface area contributed by atoms with Gasteiger partial charge in [0.1, 0.15) is 0 Å². The molecule has 0 aliphatic rings. The third kappa shape index (κ3) is 28.6. The molecule has 0 aliphatic heterocycles. The maximum absolute atomic E-state index is 5.86. The second-order valence-corrected chi connectivity index (χ2v) is 9.16. The Morgan fingerprint density at radius 3 is 0.812 bits per heavy atom. The number of hydrogen-bond acceptors (Lipinski definition) is 3. The topological polar surface area (TPSA) is 27.7 Å². The van der Waals surface area contributed by atoms with Crippen molar-refractivity contribution in [3.8, 4) is 0 Å². The molecule has 0 unspecified atom stereocenters. The van der Waals surface area contributed by atoms with Gasteiger partial charge in [-0.05, 0) is 19.3 Å². The molecule has 0 aliphatic carbocycles. The standard InChI is InChI=1S/C28H57O3.Ti/c1-4-7-10-13-16-19-22-25-29-28(30-26-23-20-17-14-11-8-5-2)31-27-24-21-18-15-12-9-6-3;/h4-27H2,1-3H3;/q-1;. The predicted octanol–water partition coefficient (Wildman–Crippen LogP) is 9.73. The van der Waals surface area contributed by atoms with Gasteiger partial charge in [-0.3, -0.25) is 0 Å². The van der Waals surface area contributed by atoms with Crippen molar-refractivity contribution in [1.29, 1.82) is 0 Å². The molecular weight excluding hydrogens is 432 g/mol. The number of hydrogen-bond donors (Lipinski definition) is 0. The van der Waals surface area contributed by atoms with Crippen LogP contribution >= 0.6 is 0 Å². The van der Waals surface area contributed by atoms with E-state index < -0.39 is 0 Å². The van der Waals surface area contributed by atoms with Crippen molar-refractivity contribution in [3.63, 3.8) is 0 Å². The molecule has 0 radical (unpaired) electrons. The van der Waals surface area contributed by atoms with E-state index in [9.17, 15) is 0 Å². The van der Waals surface area contributed by atoms with E-state index in [2.05, 4.69) is 20.8 Å². The summed E-state index contributed by atoms with van der Waals surface area (Å²) in [4.78, 5) is 0. The minimum atomic E-state index is 0. The van der Waals surface area contributed by atoms with Crippen LogP contribution in [0.25, 0.3) is 0 Å². The first-order chi connectivity index (χ1) is 15.3. The zero-order valence-corrected chi connectivity index (χ0v) is 23.8. The Hall–Kier alpha value is 0.594. The molecule has 0 aromatic heterocycles. The summed E-state index contributed by atoms with van der Waals surface area (Å²) in [6.07, 6.45) is 27.2. The summed E-state index contributed by atoms with van der Waals surface area (Å²) >= 11 is 0. The smallest absolute Gasteiger partial charge is 0.0375 e. The van der Waals surface area contributed by atoms with Crippen LogP contribution < -0.4 is 0 Å². The van der Waals surface area contributed by atoms with E-state index in [1.54, 1.807) is 0 Å². The molecule has 0 spiro atoms. The van der Waals surface area contributed by atoms with E-state index in [0.717, 1.165) is 39.1 Å². The quantitative estimate of drug-likeness (QED) is 0.0653. The molecule has 0 saturated carbocycles. The van der Waals surface area contributed by atoms with E-state index in [4.69, 9.17) is 14.2 Å². The summed E-state index contributed by atoms with van der Waals surface area (Å²) < 4.78 is 17.6. The molecule has 0 amide bonds. The molecule has 4 heteroatoms. The summed E-state index contributed by atoms with van der Waals surface area (Å²) in [6, 6.07) is 0. The Labute approximate surface area is 217 Å². The number of rotatable bonds is 27. The maximum atomic E-state index is 5.86. The Kier molecular flexibility index (Phi) is 34.3. The SMILES string of the molecule is CCCCCCCCCO[C-](OCCCCCCCCC)OCCCCCCCCC.[Ti]. The van der Waals surface area contributed by atoms with Crippen molar-refractivity contribution in [1.82, 2.24) is 0 Å². The van der Waals surface area contributed by atoms with Gasteiger partial charge in [-0.2, -0.15) is 0 Å². The number of ether oxygens (including phenoxy) is 3. The first kappa shape index (κ1) is 34.8. The van der Waals surface area contributed by atoms with Gasteiger partial charge in [0.15, 0.2) is 0 Å². The van der Waals surface area contributed by atoms with Crippen LogP contribution in [0.15, 0.2) is 0 Å². The second-order valence-electron chi connectivity index (χ2n) is 9.16. The van der Waals surface area contributed by atoms with Crippen LogP contribution in [-0.2, 0) is 35.9 Å². The molecule has 192 valence electrons. The fraction of sp³-hybridized carbons (Fsp3) is 0.964. The molecular formula is C28H57O3Ti-. The van der Waals surface area contributed by atoms with Gasteiger partial charge in [0, 0.05) is 48.0 Å². The molecule has 0 aromatic rings. The second kappa shape index (κ2) is 31.6. The van der Waals surface area contributed by atoms with Crippen LogP contribution in [0.5, 0.6) is 0 Å². The van der Waals surface area contributed by atoms with E-state index in [-0.39, 0.29) is 21.7 Å². The Morgan fingerprint density at radius 1 is 0.344 bits per heavy atom.